The largest absolute Gasteiger partial charge is 0.449 e. The molecule has 6 atom stereocenters. The number of thiol groups is 1. The smallest absolute Gasteiger partial charge is 0.289 e. The zero-order valence-electron chi connectivity index (χ0n) is 10.6. The molecule has 13 heavy (non-hydrogen) atoms. The first-order valence-corrected chi connectivity index (χ1v) is 7.24. The predicted octanol–water partition coefficient (Wildman–Crippen LogP) is 2.48. The molecule has 1 rings (SSSR count). The van der Waals surface area contributed by atoms with Gasteiger partial charge in [0.25, 0.3) is 0 Å². The molecule has 0 aliphatic heterocycles. The lowest BCUT2D eigenvalue weighted by atomic mass is 9.95. The fraction of sp³-hybridized carbons (Fsp3) is 1.00. The molecular weight excluding hydrogens is 198 g/mol. The molecule has 1 saturated carbocycles. The summed E-state index contributed by atoms with van der Waals surface area (Å²) in [7, 11) is 3.89. The molecule has 0 bridgehead atoms. The van der Waals surface area contributed by atoms with Crippen molar-refractivity contribution in [2.75, 3.05) is 0 Å². The van der Waals surface area contributed by atoms with Gasteiger partial charge in [0.2, 0.25) is 0 Å². The molecule has 2 radical (unpaired) electrons. The Morgan fingerprint density at radius 2 is 2.54 bits per heavy atom. The van der Waals surface area contributed by atoms with Gasteiger partial charge in [-0.05, 0) is 24.2 Å². The Hall–Kier alpha value is 0.675. The van der Waals surface area contributed by atoms with Gasteiger partial charge in [-0.15, -0.1) is 0 Å². The Morgan fingerprint density at radius 3 is 3.00 bits per heavy atom. The van der Waals surface area contributed by atoms with Gasteiger partial charge >= 0.3 is 8.84 Å². The second-order valence-electron chi connectivity index (χ2n) is 3.98. The van der Waals surface area contributed by atoms with Crippen LogP contribution in [0.1, 0.15) is 33.6 Å². The van der Waals surface area contributed by atoms with Crippen molar-refractivity contribution < 1.29 is 4.18 Å². The van der Waals surface area contributed by atoms with Gasteiger partial charge in [-0.25, -0.2) is 0 Å². The van der Waals surface area contributed by atoms with Gasteiger partial charge in [0.1, 0.15) is 0 Å². The Bertz CT molecular complexity index is 260. The summed E-state index contributed by atoms with van der Waals surface area (Å²) >= 11 is -1.11. The van der Waals surface area contributed by atoms with Crippen LogP contribution >= 0.6 is 7.18 Å². The second-order valence-corrected chi connectivity index (χ2v) is 5.61. The quantitative estimate of drug-likeness (QED) is 0.436. The monoisotopic (exact) mass is 220 g/mol. The van der Waals surface area contributed by atoms with Crippen molar-refractivity contribution in [3.63, 3.8) is 0 Å². The maximum absolute atomic E-state index is 7.62. The first-order chi connectivity index (χ1) is 6.97. The summed E-state index contributed by atoms with van der Waals surface area (Å²) in [6.07, 6.45) is 2.49. The molecule has 0 heterocycles. The van der Waals surface area contributed by atoms with Crippen LogP contribution in [-0.2, 0) is 15.3 Å². The van der Waals surface area contributed by atoms with Gasteiger partial charge in [0.15, 0.2) is 1.12 Å². The molecule has 2 unspecified atom stereocenters. The minimum absolute atomic E-state index is 0.134. The van der Waals surface area contributed by atoms with Gasteiger partial charge in [0, 0.05) is 0 Å². The van der Waals surface area contributed by atoms with Crippen LogP contribution in [-0.4, -0.2) is 16.1 Å². The summed E-state index contributed by atoms with van der Waals surface area (Å²) in [6.45, 7) is 6.58. The van der Waals surface area contributed by atoms with Gasteiger partial charge < -0.3 is 0 Å². The molecule has 1 fully saturated rings. The third-order valence-corrected chi connectivity index (χ3v) is 4.13. The number of rotatable bonds is 3. The Balaban J connectivity index is 2.66. The van der Waals surface area contributed by atoms with E-state index in [9.17, 15) is 0 Å². The van der Waals surface area contributed by atoms with Crippen LogP contribution in [0.2, 0.25) is 0 Å². The first-order valence-electron chi connectivity index (χ1n) is 5.79. The van der Waals surface area contributed by atoms with Crippen LogP contribution in [0, 0.1) is 17.8 Å². The lowest BCUT2D eigenvalue weighted by molar-refractivity contribution is 0.151. The van der Waals surface area contributed by atoms with Crippen LogP contribution in [0.4, 0.5) is 0 Å². The number of hydrogen-bond acceptors (Lipinski definition) is 1. The van der Waals surface area contributed by atoms with Gasteiger partial charge in [-0.1, -0.05) is 27.2 Å². The van der Waals surface area contributed by atoms with E-state index in [1.165, 1.54) is 12.8 Å². The molecule has 0 spiro atoms. The average molecular weight is 220 g/mol. The summed E-state index contributed by atoms with van der Waals surface area (Å²) in [4.78, 5) is 0. The van der Waals surface area contributed by atoms with Crippen molar-refractivity contribution in [1.82, 2.24) is 0 Å². The fourth-order valence-electron chi connectivity index (χ4n) is 2.41. The van der Waals surface area contributed by atoms with Crippen molar-refractivity contribution in [1.29, 1.82) is 2.40 Å². The number of hydrogen-bond donors (Lipinski definition) is 1. The molecule has 74 valence electrons. The summed E-state index contributed by atoms with van der Waals surface area (Å²) in [6, 6.07) is 0. The van der Waals surface area contributed by atoms with E-state index in [0.29, 0.717) is 17.8 Å². The van der Waals surface area contributed by atoms with E-state index in [1.54, 1.807) is 0 Å². The Labute approximate surface area is 90.4 Å². The molecule has 1 aliphatic rings. The first kappa shape index (κ1) is 8.94. The lowest BCUT2D eigenvalue weighted by Gasteiger charge is -2.18. The van der Waals surface area contributed by atoms with E-state index in [2.05, 4.69) is 20.8 Å². The highest BCUT2D eigenvalue weighted by molar-refractivity contribution is 8.14. The summed E-state index contributed by atoms with van der Waals surface area (Å²) < 4.78 is 20.6. The topological polar surface area (TPSA) is 9.23 Å². The molecule has 0 N–H and O–H groups in total. The molecule has 0 amide bonds. The fourth-order valence-corrected chi connectivity index (χ4v) is 3.37. The third kappa shape index (κ3) is 2.81. The van der Waals surface area contributed by atoms with Crippen LogP contribution in [0.15, 0.2) is 0 Å². The standard InChI is InChI=1S/C9H19BOPS/c1-4-8-5-6(2)9(7(8)3)11-13-12-10/h6-9,12-13H,4-5H2,1-3H3/q+1/t6-,7-,8+,9+/m1/s1/i12T,13D. The zero-order chi connectivity index (χ0) is 11.6. The van der Waals surface area contributed by atoms with Crippen LogP contribution in [0.5, 0.6) is 0 Å². The molecular formula is C9H19BOPS+. The van der Waals surface area contributed by atoms with E-state index in [0.717, 1.165) is 0 Å². The predicted molar refractivity (Wildman–Crippen MR) is 64.4 cm³/mol. The Kier molecular flexibility index (Phi) is 3.80. The van der Waals surface area contributed by atoms with Crippen molar-refractivity contribution in [3.8, 4) is 0 Å². The van der Waals surface area contributed by atoms with E-state index < -0.39 is 18.3 Å². The van der Waals surface area contributed by atoms with E-state index in [4.69, 9.17) is 14.2 Å². The molecule has 1 aliphatic carbocycles. The molecule has 0 aromatic rings. The SMILES string of the molecule is [2H]S(O[C@@H]1[C@H](C)[C@@H](CC)C[C@H]1C)=[P+]([3H])[B]. The highest BCUT2D eigenvalue weighted by Gasteiger charge is 2.38. The molecule has 1 nitrogen and oxygen atoms in total. The van der Waals surface area contributed by atoms with Gasteiger partial charge in [-0.3, -0.25) is 4.18 Å². The van der Waals surface area contributed by atoms with Crippen molar-refractivity contribution in [2.45, 2.75) is 39.7 Å². The maximum atomic E-state index is 7.62. The lowest BCUT2D eigenvalue weighted by Crippen LogP contribution is -2.21. The molecule has 0 aromatic carbocycles. The Morgan fingerprint density at radius 1 is 1.85 bits per heavy atom. The highest BCUT2D eigenvalue weighted by Crippen LogP contribution is 2.39. The van der Waals surface area contributed by atoms with E-state index in [1.807, 2.05) is 0 Å². The summed E-state index contributed by atoms with van der Waals surface area (Å²) in [5.74, 6) is 1.71. The summed E-state index contributed by atoms with van der Waals surface area (Å²) in [5, 5.41) is 0. The molecule has 4 heteroatoms. The molecule has 0 aromatic heterocycles. The van der Waals surface area contributed by atoms with E-state index in [-0.39, 0.29) is 6.10 Å². The van der Waals surface area contributed by atoms with Crippen LogP contribution < -0.4 is 0 Å². The third-order valence-electron chi connectivity index (χ3n) is 3.22. The maximum Gasteiger partial charge on any atom is 0.449 e. The van der Waals surface area contributed by atoms with Gasteiger partial charge in [0.05, 0.1) is 24.4 Å². The van der Waals surface area contributed by atoms with Crippen molar-refractivity contribution in [3.05, 3.63) is 0 Å². The van der Waals surface area contributed by atoms with Crippen molar-refractivity contribution in [2.24, 2.45) is 17.8 Å². The van der Waals surface area contributed by atoms with E-state index >= 15 is 0 Å². The second kappa shape index (κ2) is 5.53. The normalized spacial score (nSPS) is 45.3. The van der Waals surface area contributed by atoms with Crippen LogP contribution in [0.25, 0.3) is 0 Å². The zero-order valence-corrected chi connectivity index (χ0v) is 10.3. The minimum Gasteiger partial charge on any atom is -0.289 e. The minimum atomic E-state index is -1.51. The molecule has 0 saturated heterocycles. The highest BCUT2D eigenvalue weighted by atomic mass is 32.5. The average Bonchev–Trinajstić information content (AvgIpc) is 2.44. The summed E-state index contributed by atoms with van der Waals surface area (Å²) in [5.41, 5.74) is 0. The van der Waals surface area contributed by atoms with Crippen LogP contribution in [0.3, 0.4) is 0 Å². The van der Waals surface area contributed by atoms with Crippen molar-refractivity contribution >= 4 is 25.9 Å². The van der Waals surface area contributed by atoms with Gasteiger partial charge in [-0.2, -0.15) is 0 Å².